The van der Waals surface area contributed by atoms with E-state index in [4.69, 9.17) is 15.2 Å². The highest BCUT2D eigenvalue weighted by atomic mass is 16.5. The van der Waals surface area contributed by atoms with Gasteiger partial charge in [0, 0.05) is 6.61 Å². The van der Waals surface area contributed by atoms with Gasteiger partial charge in [-0.3, -0.25) is 4.57 Å². The molecule has 2 N–H and O–H groups in total. The van der Waals surface area contributed by atoms with Crippen molar-refractivity contribution < 1.29 is 9.47 Å². The number of fused-ring (bicyclic) bond motifs is 1. The van der Waals surface area contributed by atoms with Gasteiger partial charge in [-0.1, -0.05) is 0 Å². The van der Waals surface area contributed by atoms with Crippen LogP contribution in [0.5, 0.6) is 5.88 Å². The standard InChI is InChI=1S/C10H15N5O2/c1-3-17-5-4-15-8-7(14-10(15)11)9(16-2)13-6-12-8/h6H,3-5H2,1-2H3,(H2,11,14). The molecular formula is C10H15N5O2. The Morgan fingerprint density at radius 3 is 2.94 bits per heavy atom. The maximum atomic E-state index is 5.83. The van der Waals surface area contributed by atoms with E-state index >= 15 is 0 Å². The maximum absolute atomic E-state index is 5.83. The molecule has 7 heteroatoms. The summed E-state index contributed by atoms with van der Waals surface area (Å²) in [6.45, 7) is 3.79. The van der Waals surface area contributed by atoms with E-state index in [1.54, 1.807) is 4.57 Å². The van der Waals surface area contributed by atoms with Crippen LogP contribution in [0.4, 0.5) is 5.95 Å². The van der Waals surface area contributed by atoms with Crippen LogP contribution in [-0.2, 0) is 11.3 Å². The molecule has 7 nitrogen and oxygen atoms in total. The molecule has 2 aromatic heterocycles. The largest absolute Gasteiger partial charge is 0.479 e. The molecule has 0 unspecified atom stereocenters. The van der Waals surface area contributed by atoms with Crippen molar-refractivity contribution in [1.82, 2.24) is 19.5 Å². The topological polar surface area (TPSA) is 88.1 Å². The lowest BCUT2D eigenvalue weighted by atomic mass is 10.5. The second-order valence-corrected chi connectivity index (χ2v) is 3.37. The van der Waals surface area contributed by atoms with Crippen LogP contribution >= 0.6 is 0 Å². The average molecular weight is 237 g/mol. The van der Waals surface area contributed by atoms with Crippen LogP contribution in [0.15, 0.2) is 6.33 Å². The van der Waals surface area contributed by atoms with Crippen molar-refractivity contribution in [3.63, 3.8) is 0 Å². The lowest BCUT2D eigenvalue weighted by Crippen LogP contribution is -2.09. The molecular weight excluding hydrogens is 222 g/mol. The van der Waals surface area contributed by atoms with Crippen LogP contribution in [-0.4, -0.2) is 39.8 Å². The molecule has 0 fully saturated rings. The molecule has 2 aromatic rings. The third-order valence-corrected chi connectivity index (χ3v) is 2.38. The highest BCUT2D eigenvalue weighted by molar-refractivity contribution is 5.78. The summed E-state index contributed by atoms with van der Waals surface area (Å²) >= 11 is 0. The first-order chi connectivity index (χ1) is 8.27. The molecule has 0 aliphatic heterocycles. The van der Waals surface area contributed by atoms with Gasteiger partial charge in [0.25, 0.3) is 0 Å². The molecule has 0 saturated heterocycles. The predicted molar refractivity (Wildman–Crippen MR) is 62.8 cm³/mol. The van der Waals surface area contributed by atoms with E-state index in [-0.39, 0.29) is 0 Å². The zero-order valence-corrected chi connectivity index (χ0v) is 9.88. The third-order valence-electron chi connectivity index (χ3n) is 2.38. The minimum absolute atomic E-state index is 0.388. The Labute approximate surface area is 98.6 Å². The molecule has 0 atom stereocenters. The van der Waals surface area contributed by atoms with Gasteiger partial charge in [0.15, 0.2) is 11.2 Å². The van der Waals surface area contributed by atoms with Crippen molar-refractivity contribution in [2.45, 2.75) is 13.5 Å². The minimum atomic E-state index is 0.388. The molecule has 92 valence electrons. The number of hydrogen-bond acceptors (Lipinski definition) is 6. The summed E-state index contributed by atoms with van der Waals surface area (Å²) in [7, 11) is 1.54. The zero-order valence-electron chi connectivity index (χ0n) is 9.88. The number of imidazole rings is 1. The van der Waals surface area contributed by atoms with Gasteiger partial charge in [0.1, 0.15) is 6.33 Å². The van der Waals surface area contributed by atoms with Crippen LogP contribution in [0.1, 0.15) is 6.92 Å². The van der Waals surface area contributed by atoms with Crippen molar-refractivity contribution >= 4 is 17.1 Å². The molecule has 2 heterocycles. The van der Waals surface area contributed by atoms with Crippen LogP contribution in [0.25, 0.3) is 11.2 Å². The van der Waals surface area contributed by atoms with E-state index in [9.17, 15) is 0 Å². The molecule has 0 saturated carbocycles. The molecule has 0 amide bonds. The summed E-state index contributed by atoms with van der Waals surface area (Å²) in [5.74, 6) is 0.815. The number of methoxy groups -OCH3 is 1. The zero-order chi connectivity index (χ0) is 12.3. The monoisotopic (exact) mass is 237 g/mol. The lowest BCUT2D eigenvalue weighted by Gasteiger charge is -2.05. The van der Waals surface area contributed by atoms with E-state index in [2.05, 4.69) is 15.0 Å². The second kappa shape index (κ2) is 4.96. The lowest BCUT2D eigenvalue weighted by molar-refractivity contribution is 0.140. The van der Waals surface area contributed by atoms with E-state index in [1.165, 1.54) is 13.4 Å². The van der Waals surface area contributed by atoms with Gasteiger partial charge >= 0.3 is 0 Å². The van der Waals surface area contributed by atoms with Gasteiger partial charge < -0.3 is 15.2 Å². The average Bonchev–Trinajstić information content (AvgIpc) is 2.66. The summed E-state index contributed by atoms with van der Waals surface area (Å²) < 4.78 is 12.2. The van der Waals surface area contributed by atoms with E-state index in [0.29, 0.717) is 42.8 Å². The van der Waals surface area contributed by atoms with Crippen molar-refractivity contribution in [3.8, 4) is 5.88 Å². The summed E-state index contributed by atoms with van der Waals surface area (Å²) in [6, 6.07) is 0. The Hall–Kier alpha value is -1.89. The summed E-state index contributed by atoms with van der Waals surface area (Å²) in [5, 5.41) is 0. The van der Waals surface area contributed by atoms with Gasteiger partial charge in [-0.2, -0.15) is 4.98 Å². The third kappa shape index (κ3) is 2.14. The molecule has 0 aromatic carbocycles. The molecule has 0 bridgehead atoms. The first kappa shape index (κ1) is 11.6. The van der Waals surface area contributed by atoms with Crippen LogP contribution in [0, 0.1) is 0 Å². The Bertz CT molecular complexity index is 511. The van der Waals surface area contributed by atoms with Crippen LogP contribution in [0.3, 0.4) is 0 Å². The molecule has 0 spiro atoms. The Morgan fingerprint density at radius 2 is 2.24 bits per heavy atom. The first-order valence-electron chi connectivity index (χ1n) is 5.36. The minimum Gasteiger partial charge on any atom is -0.479 e. The molecule has 17 heavy (non-hydrogen) atoms. The molecule has 2 rings (SSSR count). The van der Waals surface area contributed by atoms with Gasteiger partial charge in [-0.15, -0.1) is 0 Å². The quantitative estimate of drug-likeness (QED) is 0.760. The fraction of sp³-hybridized carbons (Fsp3) is 0.500. The number of aromatic nitrogens is 4. The number of anilines is 1. The van der Waals surface area contributed by atoms with Crippen LogP contribution in [0.2, 0.25) is 0 Å². The predicted octanol–water partition coefficient (Wildman–Crippen LogP) is 0.454. The summed E-state index contributed by atoms with van der Waals surface area (Å²) in [5.41, 5.74) is 7.07. The fourth-order valence-corrected chi connectivity index (χ4v) is 1.60. The molecule has 0 aliphatic carbocycles. The number of nitrogen functional groups attached to an aromatic ring is 1. The van der Waals surface area contributed by atoms with Gasteiger partial charge in [-0.25, -0.2) is 9.97 Å². The van der Waals surface area contributed by atoms with Crippen molar-refractivity contribution in [2.24, 2.45) is 0 Å². The van der Waals surface area contributed by atoms with E-state index in [0.717, 1.165) is 0 Å². The number of ether oxygens (including phenoxy) is 2. The van der Waals surface area contributed by atoms with E-state index in [1.807, 2.05) is 6.92 Å². The number of nitrogens with zero attached hydrogens (tertiary/aromatic N) is 4. The number of hydrogen-bond donors (Lipinski definition) is 1. The van der Waals surface area contributed by atoms with Crippen molar-refractivity contribution in [3.05, 3.63) is 6.33 Å². The van der Waals surface area contributed by atoms with Crippen molar-refractivity contribution in [2.75, 3.05) is 26.1 Å². The smallest absolute Gasteiger partial charge is 0.245 e. The first-order valence-corrected chi connectivity index (χ1v) is 5.36. The van der Waals surface area contributed by atoms with Crippen molar-refractivity contribution in [1.29, 1.82) is 0 Å². The Morgan fingerprint density at radius 1 is 1.41 bits per heavy atom. The second-order valence-electron chi connectivity index (χ2n) is 3.37. The van der Waals surface area contributed by atoms with Gasteiger partial charge in [-0.05, 0) is 6.92 Å². The Kier molecular flexibility index (Phi) is 3.38. The summed E-state index contributed by atoms with van der Waals surface area (Å²) in [6.07, 6.45) is 1.43. The highest BCUT2D eigenvalue weighted by Crippen LogP contribution is 2.22. The van der Waals surface area contributed by atoms with Crippen LogP contribution < -0.4 is 10.5 Å². The van der Waals surface area contributed by atoms with Gasteiger partial charge in [0.05, 0.1) is 20.3 Å². The van der Waals surface area contributed by atoms with Gasteiger partial charge in [0.2, 0.25) is 11.8 Å². The van der Waals surface area contributed by atoms with E-state index < -0.39 is 0 Å². The normalized spacial score (nSPS) is 10.9. The summed E-state index contributed by atoms with van der Waals surface area (Å²) in [4.78, 5) is 12.3. The SMILES string of the molecule is CCOCCn1c(N)nc2c(OC)ncnc21. The highest BCUT2D eigenvalue weighted by Gasteiger charge is 2.13. The molecule has 0 radical (unpaired) electrons. The fourth-order valence-electron chi connectivity index (χ4n) is 1.60. The molecule has 0 aliphatic rings. The number of nitrogens with two attached hydrogens (primary N) is 1. The Balaban J connectivity index is 2.38. The number of rotatable bonds is 5. The maximum Gasteiger partial charge on any atom is 0.245 e.